The fraction of sp³-hybridized carbons (Fsp3) is 0.826. The van der Waals surface area contributed by atoms with Crippen LogP contribution in [0.3, 0.4) is 0 Å². The summed E-state index contributed by atoms with van der Waals surface area (Å²) in [5.74, 6) is 3.03. The molecule has 4 N–H and O–H groups in total. The molecule has 0 radical (unpaired) electrons. The summed E-state index contributed by atoms with van der Waals surface area (Å²) in [5.41, 5.74) is 0. The fourth-order valence-corrected chi connectivity index (χ4v) is 5.37. The number of nitrogens with one attached hydrogen (secondary N) is 4. The predicted octanol–water partition coefficient (Wildman–Crippen LogP) is 1.51. The Morgan fingerprint density at radius 3 is 1.48 bits per heavy atom. The van der Waals surface area contributed by atoms with Crippen LogP contribution in [-0.2, 0) is 9.59 Å². The lowest BCUT2D eigenvalue weighted by Crippen LogP contribution is -2.45. The Balaban J connectivity index is 1.12. The largest absolute Gasteiger partial charge is 0.374 e. The smallest absolute Gasteiger partial charge is 0.229 e. The summed E-state index contributed by atoms with van der Waals surface area (Å²) >= 11 is 0. The van der Waals surface area contributed by atoms with Gasteiger partial charge in [-0.2, -0.15) is 0 Å². The summed E-state index contributed by atoms with van der Waals surface area (Å²) in [5, 5.41) is 13.0. The highest BCUT2D eigenvalue weighted by Gasteiger charge is 2.28. The van der Waals surface area contributed by atoms with Crippen LogP contribution in [0.1, 0.15) is 70.6 Å². The van der Waals surface area contributed by atoms with Crippen molar-refractivity contribution in [1.29, 1.82) is 0 Å². The minimum Gasteiger partial charge on any atom is -0.374 e. The van der Waals surface area contributed by atoms with Crippen molar-refractivity contribution in [2.45, 2.75) is 82.7 Å². The molecular weight excluding hydrogens is 392 g/mol. The first-order valence-corrected chi connectivity index (χ1v) is 12.3. The average molecular weight is 431 g/mol. The Bertz CT molecular complexity index is 632. The molecule has 0 unspecified atom stereocenters. The van der Waals surface area contributed by atoms with Crippen LogP contribution >= 0.6 is 0 Å². The number of amidine groups is 2. The summed E-state index contributed by atoms with van der Waals surface area (Å²) in [6, 6.07) is 0.361. The van der Waals surface area contributed by atoms with Crippen molar-refractivity contribution in [2.24, 2.45) is 21.8 Å². The van der Waals surface area contributed by atoms with Crippen LogP contribution in [0.2, 0.25) is 0 Å². The lowest BCUT2D eigenvalue weighted by molar-refractivity contribution is -0.130. The maximum Gasteiger partial charge on any atom is 0.229 e. The van der Waals surface area contributed by atoms with Crippen LogP contribution < -0.4 is 21.3 Å². The minimum absolute atomic E-state index is 0.0671. The Hall–Kier alpha value is -2.12. The molecule has 2 fully saturated rings. The highest BCUT2D eigenvalue weighted by Crippen LogP contribution is 2.27. The zero-order chi connectivity index (χ0) is 21.5. The van der Waals surface area contributed by atoms with E-state index < -0.39 is 0 Å². The molecule has 4 rings (SSSR count). The number of rotatable bonds is 6. The van der Waals surface area contributed by atoms with E-state index in [2.05, 4.69) is 31.3 Å². The van der Waals surface area contributed by atoms with E-state index in [1.54, 1.807) is 0 Å². The van der Waals surface area contributed by atoms with E-state index in [1.807, 2.05) is 0 Å². The number of amides is 2. The van der Waals surface area contributed by atoms with Gasteiger partial charge in [0, 0.05) is 50.1 Å². The molecule has 2 saturated carbocycles. The molecule has 2 aliphatic carbocycles. The maximum atomic E-state index is 12.4. The number of nitrogens with zero attached hydrogens (tertiary/aromatic N) is 2. The fourth-order valence-electron chi connectivity index (χ4n) is 5.37. The van der Waals surface area contributed by atoms with E-state index in [0.29, 0.717) is 11.8 Å². The third-order valence-electron chi connectivity index (χ3n) is 7.13. The second-order valence-electron chi connectivity index (χ2n) is 9.50. The molecule has 0 bridgehead atoms. The average Bonchev–Trinajstić information content (AvgIpc) is 2.81. The van der Waals surface area contributed by atoms with Crippen molar-refractivity contribution in [3.63, 3.8) is 0 Å². The summed E-state index contributed by atoms with van der Waals surface area (Å²) in [4.78, 5) is 34.0. The molecule has 0 saturated heterocycles. The first kappa shape index (κ1) is 22.1. The molecule has 2 heterocycles. The quantitative estimate of drug-likeness (QED) is 0.479. The second kappa shape index (κ2) is 11.0. The normalized spacial score (nSPS) is 31.4. The van der Waals surface area contributed by atoms with Gasteiger partial charge in [-0.15, -0.1) is 0 Å². The van der Waals surface area contributed by atoms with Gasteiger partial charge in [-0.3, -0.25) is 19.6 Å². The zero-order valence-corrected chi connectivity index (χ0v) is 18.6. The van der Waals surface area contributed by atoms with Crippen LogP contribution in [0.15, 0.2) is 9.98 Å². The van der Waals surface area contributed by atoms with Crippen LogP contribution in [0.25, 0.3) is 0 Å². The van der Waals surface area contributed by atoms with Gasteiger partial charge in [0.2, 0.25) is 11.8 Å². The lowest BCUT2D eigenvalue weighted by atomic mass is 9.84. The highest BCUT2D eigenvalue weighted by molar-refractivity contribution is 5.97. The summed E-state index contributed by atoms with van der Waals surface area (Å²) < 4.78 is 0. The van der Waals surface area contributed by atoms with E-state index in [-0.39, 0.29) is 30.3 Å². The predicted molar refractivity (Wildman–Crippen MR) is 122 cm³/mol. The van der Waals surface area contributed by atoms with Crippen molar-refractivity contribution < 1.29 is 9.59 Å². The van der Waals surface area contributed by atoms with Crippen molar-refractivity contribution in [3.05, 3.63) is 0 Å². The molecule has 0 aromatic heterocycles. The Labute approximate surface area is 185 Å². The molecule has 0 atom stereocenters. The first-order valence-electron chi connectivity index (χ1n) is 12.3. The van der Waals surface area contributed by atoms with Crippen LogP contribution in [0, 0.1) is 11.8 Å². The standard InChI is InChI=1S/C23H38N6O2/c30-20(28-18-7-3-16(4-8-18)22-24-11-1-12-25-22)15-21(31)29-19-9-5-17(6-10-19)23-26-13-2-14-27-23/h16-19H,1-15H2,(H,24,25)(H,26,27)(H,28,30)(H,29,31). The van der Waals surface area contributed by atoms with Gasteiger partial charge in [-0.05, 0) is 64.2 Å². The molecule has 0 spiro atoms. The van der Waals surface area contributed by atoms with Crippen molar-refractivity contribution >= 4 is 23.5 Å². The van der Waals surface area contributed by atoms with Crippen LogP contribution in [-0.4, -0.2) is 61.7 Å². The monoisotopic (exact) mass is 430 g/mol. The molecule has 31 heavy (non-hydrogen) atoms. The zero-order valence-electron chi connectivity index (χ0n) is 18.6. The summed E-state index contributed by atoms with van der Waals surface area (Å²) in [7, 11) is 0. The van der Waals surface area contributed by atoms with Crippen LogP contribution in [0.5, 0.6) is 0 Å². The molecule has 2 aliphatic heterocycles. The van der Waals surface area contributed by atoms with E-state index in [0.717, 1.165) is 102 Å². The molecule has 8 heteroatoms. The molecule has 4 aliphatic rings. The molecular formula is C23H38N6O2. The first-order chi connectivity index (χ1) is 15.2. The molecule has 0 aromatic rings. The van der Waals surface area contributed by atoms with Gasteiger partial charge >= 0.3 is 0 Å². The summed E-state index contributed by atoms with van der Waals surface area (Å²) in [6.45, 7) is 3.92. The van der Waals surface area contributed by atoms with Gasteiger partial charge in [-0.1, -0.05) is 0 Å². The number of aliphatic imine (C=N–C) groups is 2. The maximum absolute atomic E-state index is 12.4. The molecule has 2 amide bonds. The van der Waals surface area contributed by atoms with Gasteiger partial charge in [0.15, 0.2) is 0 Å². The Kier molecular flexibility index (Phi) is 7.81. The van der Waals surface area contributed by atoms with E-state index in [4.69, 9.17) is 0 Å². The van der Waals surface area contributed by atoms with E-state index in [1.165, 1.54) is 0 Å². The topological polar surface area (TPSA) is 107 Å². The highest BCUT2D eigenvalue weighted by atomic mass is 16.2. The SMILES string of the molecule is O=C(CC(=O)NC1CCC(C2=NCCCN2)CC1)NC1CCC(C2=NCCCN2)CC1. The van der Waals surface area contributed by atoms with Gasteiger partial charge in [0.05, 0.1) is 11.7 Å². The number of carbonyl (C=O) groups excluding carboxylic acids is 2. The third kappa shape index (κ3) is 6.43. The minimum atomic E-state index is -0.150. The second-order valence-corrected chi connectivity index (χ2v) is 9.50. The van der Waals surface area contributed by atoms with Gasteiger partial charge < -0.3 is 21.3 Å². The Morgan fingerprint density at radius 1 is 0.710 bits per heavy atom. The van der Waals surface area contributed by atoms with Gasteiger partial charge in [-0.25, -0.2) is 0 Å². The number of carbonyl (C=O) groups is 2. The van der Waals surface area contributed by atoms with Crippen molar-refractivity contribution in [3.8, 4) is 0 Å². The molecule has 0 aromatic carbocycles. The summed E-state index contributed by atoms with van der Waals surface area (Å²) in [6.07, 6.45) is 10.2. The van der Waals surface area contributed by atoms with E-state index >= 15 is 0 Å². The van der Waals surface area contributed by atoms with Gasteiger partial charge in [0.25, 0.3) is 0 Å². The Morgan fingerprint density at radius 2 is 1.13 bits per heavy atom. The van der Waals surface area contributed by atoms with Gasteiger partial charge in [0.1, 0.15) is 6.42 Å². The number of hydrogen-bond donors (Lipinski definition) is 4. The molecule has 172 valence electrons. The van der Waals surface area contributed by atoms with E-state index in [9.17, 15) is 9.59 Å². The van der Waals surface area contributed by atoms with Crippen LogP contribution in [0.4, 0.5) is 0 Å². The van der Waals surface area contributed by atoms with Crippen molar-refractivity contribution in [1.82, 2.24) is 21.3 Å². The van der Waals surface area contributed by atoms with Crippen molar-refractivity contribution in [2.75, 3.05) is 26.2 Å². The third-order valence-corrected chi connectivity index (χ3v) is 7.13. The number of hydrogen-bond acceptors (Lipinski definition) is 6. The molecule has 8 nitrogen and oxygen atoms in total. The lowest BCUT2D eigenvalue weighted by Gasteiger charge is -2.32.